The van der Waals surface area contributed by atoms with Crippen LogP contribution in [0.25, 0.3) is 10.2 Å². The molecular weight excluding hydrogens is 274 g/mol. The van der Waals surface area contributed by atoms with Crippen molar-refractivity contribution in [2.24, 2.45) is 0 Å². The summed E-state index contributed by atoms with van der Waals surface area (Å²) in [6, 6.07) is 0.235. The Hall–Kier alpha value is -1.95. The summed E-state index contributed by atoms with van der Waals surface area (Å²) in [5, 5.41) is 10.1. The van der Waals surface area contributed by atoms with E-state index in [2.05, 4.69) is 35.3 Å². The number of rotatable bonds is 5. The molecule has 1 N–H and O–H groups in total. The van der Waals surface area contributed by atoms with E-state index in [1.54, 1.807) is 0 Å². The molecule has 2 rings (SSSR count). The Bertz CT molecular complexity index is 664. The van der Waals surface area contributed by atoms with Crippen LogP contribution in [-0.2, 0) is 0 Å². The van der Waals surface area contributed by atoms with Crippen molar-refractivity contribution < 1.29 is 9.90 Å². The van der Waals surface area contributed by atoms with Gasteiger partial charge in [0.25, 0.3) is 0 Å². The van der Waals surface area contributed by atoms with Crippen molar-refractivity contribution in [2.45, 2.75) is 26.8 Å². The van der Waals surface area contributed by atoms with Crippen molar-refractivity contribution in [3.8, 4) is 0 Å². The van der Waals surface area contributed by atoms with Gasteiger partial charge in [0.05, 0.1) is 5.39 Å². The minimum Gasteiger partial charge on any atom is -0.477 e. The highest BCUT2D eigenvalue weighted by atomic mass is 32.1. The average molecular weight is 291 g/mol. The van der Waals surface area contributed by atoms with Gasteiger partial charge in [-0.15, -0.1) is 17.9 Å². The first kappa shape index (κ1) is 14.5. The van der Waals surface area contributed by atoms with Crippen LogP contribution in [0.2, 0.25) is 0 Å². The predicted molar refractivity (Wildman–Crippen MR) is 81.8 cm³/mol. The van der Waals surface area contributed by atoms with Crippen LogP contribution in [0, 0.1) is 6.92 Å². The van der Waals surface area contributed by atoms with Crippen LogP contribution in [0.3, 0.4) is 0 Å². The van der Waals surface area contributed by atoms with Crippen molar-refractivity contribution in [3.63, 3.8) is 0 Å². The fourth-order valence-corrected chi connectivity index (χ4v) is 3.14. The number of anilines is 1. The van der Waals surface area contributed by atoms with Gasteiger partial charge >= 0.3 is 5.97 Å². The Kier molecular flexibility index (Phi) is 4.04. The van der Waals surface area contributed by atoms with Crippen molar-refractivity contribution in [1.29, 1.82) is 0 Å². The zero-order valence-electron chi connectivity index (χ0n) is 11.8. The summed E-state index contributed by atoms with van der Waals surface area (Å²) in [4.78, 5) is 22.9. The number of carboxylic acids is 1. The van der Waals surface area contributed by atoms with E-state index < -0.39 is 5.97 Å². The van der Waals surface area contributed by atoms with Gasteiger partial charge in [0.2, 0.25) is 0 Å². The third-order valence-electron chi connectivity index (χ3n) is 3.12. The van der Waals surface area contributed by atoms with Gasteiger partial charge in [0, 0.05) is 12.6 Å². The highest BCUT2D eigenvalue weighted by Gasteiger charge is 2.22. The average Bonchev–Trinajstić information content (AvgIpc) is 2.73. The first-order chi connectivity index (χ1) is 9.47. The molecule has 5 nitrogen and oxygen atoms in total. The number of nitrogens with zero attached hydrogens (tertiary/aromatic N) is 3. The maximum absolute atomic E-state index is 11.3. The van der Waals surface area contributed by atoms with Gasteiger partial charge in [0.15, 0.2) is 0 Å². The van der Waals surface area contributed by atoms with Crippen LogP contribution in [0.5, 0.6) is 0 Å². The number of thiophene rings is 1. The van der Waals surface area contributed by atoms with E-state index in [1.165, 1.54) is 17.7 Å². The lowest BCUT2D eigenvalue weighted by Crippen LogP contribution is -2.31. The minimum atomic E-state index is -0.920. The second-order valence-electron chi connectivity index (χ2n) is 4.77. The number of aryl methyl sites for hydroxylation is 1. The van der Waals surface area contributed by atoms with Crippen molar-refractivity contribution in [2.75, 3.05) is 11.4 Å². The first-order valence-electron chi connectivity index (χ1n) is 6.32. The first-order valence-corrected chi connectivity index (χ1v) is 7.14. The van der Waals surface area contributed by atoms with Gasteiger partial charge in [-0.05, 0) is 26.3 Å². The van der Waals surface area contributed by atoms with E-state index in [0.29, 0.717) is 16.3 Å². The van der Waals surface area contributed by atoms with Gasteiger partial charge in [-0.25, -0.2) is 14.8 Å². The van der Waals surface area contributed by atoms with Crippen LogP contribution in [0.15, 0.2) is 19.0 Å². The monoisotopic (exact) mass is 291 g/mol. The molecule has 0 bridgehead atoms. The summed E-state index contributed by atoms with van der Waals surface area (Å²) < 4.78 is 0. The highest BCUT2D eigenvalue weighted by molar-refractivity contribution is 7.20. The Morgan fingerprint density at radius 3 is 2.80 bits per heavy atom. The lowest BCUT2D eigenvalue weighted by Gasteiger charge is -2.27. The number of fused-ring (bicyclic) bond motifs is 1. The molecule has 2 aromatic heterocycles. The molecule has 0 fully saturated rings. The van der Waals surface area contributed by atoms with Gasteiger partial charge in [-0.2, -0.15) is 0 Å². The zero-order chi connectivity index (χ0) is 14.9. The molecule has 0 amide bonds. The van der Waals surface area contributed by atoms with Crippen molar-refractivity contribution >= 4 is 33.3 Å². The quantitative estimate of drug-likeness (QED) is 0.857. The normalized spacial score (nSPS) is 11.0. The largest absolute Gasteiger partial charge is 0.477 e. The van der Waals surface area contributed by atoms with E-state index in [9.17, 15) is 9.90 Å². The second kappa shape index (κ2) is 5.58. The molecule has 20 heavy (non-hydrogen) atoms. The number of hydrogen-bond donors (Lipinski definition) is 1. The molecule has 0 aliphatic carbocycles. The van der Waals surface area contributed by atoms with Crippen molar-refractivity contribution in [3.05, 3.63) is 29.4 Å². The summed E-state index contributed by atoms with van der Waals surface area (Å²) in [6.45, 7) is 10.4. The third-order valence-corrected chi connectivity index (χ3v) is 4.31. The topological polar surface area (TPSA) is 66.3 Å². The lowest BCUT2D eigenvalue weighted by molar-refractivity contribution is 0.0701. The smallest absolute Gasteiger partial charge is 0.346 e. The number of hydrogen-bond acceptors (Lipinski definition) is 5. The molecule has 0 radical (unpaired) electrons. The summed E-state index contributed by atoms with van der Waals surface area (Å²) >= 11 is 1.19. The second-order valence-corrected chi connectivity index (χ2v) is 5.77. The fraction of sp³-hybridized carbons (Fsp3) is 0.357. The Balaban J connectivity index is 2.70. The molecule has 0 spiro atoms. The van der Waals surface area contributed by atoms with Crippen LogP contribution >= 0.6 is 11.3 Å². The zero-order valence-corrected chi connectivity index (χ0v) is 12.6. The number of carboxylic acid groups (broad SMARTS) is 1. The molecule has 0 aliphatic rings. The van der Waals surface area contributed by atoms with Crippen molar-refractivity contribution in [1.82, 2.24) is 9.97 Å². The SMILES string of the molecule is C=CCN(c1ncnc2sc(C(=O)O)c(C)c12)C(C)C. The molecule has 0 atom stereocenters. The molecule has 106 valence electrons. The van der Waals surface area contributed by atoms with Gasteiger partial charge in [-0.1, -0.05) is 6.08 Å². The molecular formula is C14H17N3O2S. The van der Waals surface area contributed by atoms with Gasteiger partial charge in [0.1, 0.15) is 21.9 Å². The fourth-order valence-electron chi connectivity index (χ4n) is 2.16. The molecule has 2 heterocycles. The Morgan fingerprint density at radius 1 is 1.55 bits per heavy atom. The third kappa shape index (κ3) is 2.38. The summed E-state index contributed by atoms with van der Waals surface area (Å²) in [5.74, 6) is -0.151. The number of aromatic carboxylic acids is 1. The molecule has 0 aliphatic heterocycles. The molecule has 0 unspecified atom stereocenters. The summed E-state index contributed by atoms with van der Waals surface area (Å²) in [7, 11) is 0. The minimum absolute atomic E-state index is 0.235. The lowest BCUT2D eigenvalue weighted by atomic mass is 10.1. The standard InChI is InChI=1S/C14H17N3O2S/c1-5-6-17(8(2)3)12-10-9(4)11(14(18)19)20-13(10)16-7-15-12/h5,7-8H,1,6H2,2-4H3,(H,18,19). The van der Waals surface area contributed by atoms with E-state index in [0.717, 1.165) is 16.8 Å². The van der Waals surface area contributed by atoms with Crippen LogP contribution < -0.4 is 4.90 Å². The molecule has 6 heteroatoms. The highest BCUT2D eigenvalue weighted by Crippen LogP contribution is 2.35. The van der Waals surface area contributed by atoms with E-state index >= 15 is 0 Å². The Morgan fingerprint density at radius 2 is 2.25 bits per heavy atom. The van der Waals surface area contributed by atoms with Gasteiger partial charge in [-0.3, -0.25) is 0 Å². The molecule has 0 aromatic carbocycles. The number of carbonyl (C=O) groups is 1. The summed E-state index contributed by atoms with van der Waals surface area (Å²) in [6.07, 6.45) is 3.30. The van der Waals surface area contributed by atoms with Crippen LogP contribution in [-0.4, -0.2) is 33.6 Å². The molecule has 0 saturated carbocycles. The van der Waals surface area contributed by atoms with Crippen LogP contribution in [0.4, 0.5) is 5.82 Å². The molecule has 2 aromatic rings. The van der Waals surface area contributed by atoms with E-state index in [4.69, 9.17) is 0 Å². The number of aromatic nitrogens is 2. The maximum atomic E-state index is 11.3. The van der Waals surface area contributed by atoms with E-state index in [-0.39, 0.29) is 6.04 Å². The van der Waals surface area contributed by atoms with Gasteiger partial charge < -0.3 is 10.0 Å². The molecule has 0 saturated heterocycles. The van der Waals surface area contributed by atoms with Crippen LogP contribution in [0.1, 0.15) is 29.1 Å². The van der Waals surface area contributed by atoms with E-state index in [1.807, 2.05) is 13.0 Å². The maximum Gasteiger partial charge on any atom is 0.346 e. The Labute approximate surface area is 121 Å². The predicted octanol–water partition coefficient (Wildman–Crippen LogP) is 3.10. The summed E-state index contributed by atoms with van der Waals surface area (Å²) in [5.41, 5.74) is 0.725.